The van der Waals surface area contributed by atoms with Gasteiger partial charge in [0.1, 0.15) is 6.61 Å². The SMILES string of the molecule is CC(C)C1=C2C3CCC4C5(C)CC=C(C6=CCC(C(=O)OCc7ccccc7)CC6)C(C)C5CCC4(C)C3CCC2(NCCN2CCS(=O)CC2)CC1=O. The van der Waals surface area contributed by atoms with E-state index in [0.29, 0.717) is 48.4 Å². The minimum Gasteiger partial charge on any atom is -0.461 e. The Bertz CT molecular complexity index is 1720. The third-order valence-electron chi connectivity index (χ3n) is 16.3. The first kappa shape index (κ1) is 38.5. The van der Waals surface area contributed by atoms with Gasteiger partial charge >= 0.3 is 5.97 Å². The molecule has 294 valence electrons. The van der Waals surface area contributed by atoms with Crippen molar-refractivity contribution in [2.45, 2.75) is 117 Å². The molecular formula is C47H66N2O4S. The summed E-state index contributed by atoms with van der Waals surface area (Å²) >= 11 is 0. The fourth-order valence-corrected chi connectivity index (χ4v) is 14.8. The second kappa shape index (κ2) is 15.2. The van der Waals surface area contributed by atoms with Gasteiger partial charge < -0.3 is 15.0 Å². The number of hydrogen-bond donors (Lipinski definition) is 1. The maximum atomic E-state index is 13.9. The Morgan fingerprint density at radius 2 is 1.74 bits per heavy atom. The number of carbonyl (C=O) groups is 2. The highest BCUT2D eigenvalue weighted by atomic mass is 32.2. The van der Waals surface area contributed by atoms with Crippen LogP contribution >= 0.6 is 0 Å². The van der Waals surface area contributed by atoms with Gasteiger partial charge in [-0.25, -0.2) is 0 Å². The summed E-state index contributed by atoms with van der Waals surface area (Å²) in [6.07, 6.45) is 16.8. The van der Waals surface area contributed by atoms with E-state index >= 15 is 0 Å². The second-order valence-corrected chi connectivity index (χ2v) is 21.0. The number of benzene rings is 1. The summed E-state index contributed by atoms with van der Waals surface area (Å²) in [5.41, 5.74) is 7.17. The minimum atomic E-state index is -0.657. The predicted molar refractivity (Wildman–Crippen MR) is 218 cm³/mol. The maximum Gasteiger partial charge on any atom is 0.309 e. The zero-order valence-electron chi connectivity index (χ0n) is 33.8. The molecule has 0 radical (unpaired) electrons. The highest BCUT2D eigenvalue weighted by Crippen LogP contribution is 2.70. The molecule has 0 bridgehead atoms. The molecule has 6 aliphatic carbocycles. The Hall–Kier alpha value is -2.35. The third-order valence-corrected chi connectivity index (χ3v) is 17.6. The number of rotatable bonds is 9. The number of carbonyl (C=O) groups excluding carboxylic acids is 2. The molecule has 1 aliphatic heterocycles. The van der Waals surface area contributed by atoms with Gasteiger partial charge in [-0.3, -0.25) is 13.8 Å². The lowest BCUT2D eigenvalue weighted by atomic mass is 9.38. The van der Waals surface area contributed by atoms with Crippen molar-refractivity contribution in [1.29, 1.82) is 0 Å². The molecule has 54 heavy (non-hydrogen) atoms. The Kier molecular flexibility index (Phi) is 10.8. The molecule has 9 unspecified atom stereocenters. The van der Waals surface area contributed by atoms with Gasteiger partial charge in [-0.15, -0.1) is 0 Å². The largest absolute Gasteiger partial charge is 0.461 e. The summed E-state index contributed by atoms with van der Waals surface area (Å²) in [5.74, 6) is 5.18. The molecule has 6 nitrogen and oxygen atoms in total. The van der Waals surface area contributed by atoms with Gasteiger partial charge in [0, 0.05) is 60.4 Å². The summed E-state index contributed by atoms with van der Waals surface area (Å²) in [6.45, 7) is 16.4. The van der Waals surface area contributed by atoms with E-state index < -0.39 is 10.8 Å². The number of Topliss-reactive ketones (excluding diaryl/α,β-unsaturated/α-hetero) is 1. The first-order valence-electron chi connectivity index (χ1n) is 21.6. The van der Waals surface area contributed by atoms with Gasteiger partial charge in [-0.1, -0.05) is 77.1 Å². The Morgan fingerprint density at radius 1 is 0.981 bits per heavy atom. The molecule has 4 fully saturated rings. The monoisotopic (exact) mass is 754 g/mol. The fourth-order valence-electron chi connectivity index (χ4n) is 13.7. The number of ketones is 1. The zero-order valence-corrected chi connectivity index (χ0v) is 34.6. The van der Waals surface area contributed by atoms with E-state index in [1.54, 1.807) is 5.57 Å². The lowest BCUT2D eigenvalue weighted by Gasteiger charge is -2.66. The molecule has 1 saturated heterocycles. The van der Waals surface area contributed by atoms with Gasteiger partial charge in [0.25, 0.3) is 0 Å². The predicted octanol–water partition coefficient (Wildman–Crippen LogP) is 8.60. The van der Waals surface area contributed by atoms with E-state index in [1.807, 2.05) is 30.3 Å². The van der Waals surface area contributed by atoms with Crippen LogP contribution in [0.1, 0.15) is 111 Å². The molecule has 1 aromatic rings. The summed E-state index contributed by atoms with van der Waals surface area (Å²) in [6, 6.07) is 9.99. The lowest BCUT2D eigenvalue weighted by molar-refractivity contribution is -0.150. The number of fused-ring (bicyclic) bond motifs is 7. The average molecular weight is 755 g/mol. The first-order valence-corrected chi connectivity index (χ1v) is 23.1. The molecule has 1 heterocycles. The van der Waals surface area contributed by atoms with E-state index in [2.05, 4.69) is 57.0 Å². The van der Waals surface area contributed by atoms with Crippen LogP contribution in [0.5, 0.6) is 0 Å². The molecule has 7 heteroatoms. The van der Waals surface area contributed by atoms with Crippen LogP contribution in [0, 0.1) is 52.3 Å². The van der Waals surface area contributed by atoms with Gasteiger partial charge in [-0.05, 0) is 138 Å². The molecular weight excluding hydrogens is 689 g/mol. The molecule has 8 rings (SSSR count). The Morgan fingerprint density at radius 3 is 2.46 bits per heavy atom. The molecule has 1 aromatic carbocycles. The summed E-state index contributed by atoms with van der Waals surface area (Å²) in [4.78, 5) is 29.4. The fraction of sp³-hybridized carbons (Fsp3) is 0.702. The maximum absolute atomic E-state index is 13.9. The van der Waals surface area contributed by atoms with E-state index in [9.17, 15) is 13.8 Å². The second-order valence-electron chi connectivity index (χ2n) is 19.3. The van der Waals surface area contributed by atoms with Crippen LogP contribution in [-0.4, -0.2) is 64.1 Å². The van der Waals surface area contributed by atoms with Crippen molar-refractivity contribution in [3.63, 3.8) is 0 Å². The smallest absolute Gasteiger partial charge is 0.309 e. The van der Waals surface area contributed by atoms with Crippen LogP contribution in [0.2, 0.25) is 0 Å². The number of allylic oxidation sites excluding steroid dienone is 5. The summed E-state index contributed by atoms with van der Waals surface area (Å²) in [7, 11) is -0.657. The lowest BCUT2D eigenvalue weighted by Crippen LogP contribution is -2.61. The van der Waals surface area contributed by atoms with Gasteiger partial charge in [-0.2, -0.15) is 0 Å². The summed E-state index contributed by atoms with van der Waals surface area (Å²) < 4.78 is 17.7. The quantitative estimate of drug-likeness (QED) is 0.255. The molecule has 0 amide bonds. The number of esters is 1. The Labute approximate surface area is 327 Å². The van der Waals surface area contributed by atoms with Crippen LogP contribution < -0.4 is 5.32 Å². The molecule has 3 saturated carbocycles. The standard InChI is InChI=1S/C47H66N2O4S/c1-31(2)42-40(50)29-47(48-23-24-49-25-27-54(52)28-26-49)22-19-39-37(43(42)47)15-16-41-45(4)20-17-36(32(3)38(45)18-21-46(39,41)5)34-11-13-35(14-12-34)44(51)53-30-33-9-7-6-8-10-33/h6-11,17,31-32,35,37-39,41,48H,12-16,18-30H2,1-5H3. The van der Waals surface area contributed by atoms with Crippen molar-refractivity contribution in [3.8, 4) is 0 Å². The van der Waals surface area contributed by atoms with Crippen LogP contribution in [0.4, 0.5) is 0 Å². The zero-order chi connectivity index (χ0) is 37.8. The van der Waals surface area contributed by atoms with E-state index in [0.717, 1.165) is 75.4 Å². The summed E-state index contributed by atoms with van der Waals surface area (Å²) in [5, 5.41) is 4.07. The van der Waals surface area contributed by atoms with Gasteiger partial charge in [0.2, 0.25) is 0 Å². The molecule has 1 N–H and O–H groups in total. The minimum absolute atomic E-state index is 0.0404. The number of hydrogen-bond acceptors (Lipinski definition) is 6. The van der Waals surface area contributed by atoms with Crippen molar-refractivity contribution in [2.75, 3.05) is 37.7 Å². The molecule has 0 aromatic heterocycles. The van der Waals surface area contributed by atoms with Crippen LogP contribution in [0.15, 0.2) is 64.8 Å². The third kappa shape index (κ3) is 6.78. The van der Waals surface area contributed by atoms with Crippen LogP contribution in [-0.2, 0) is 31.7 Å². The van der Waals surface area contributed by atoms with Gasteiger partial charge in [0.15, 0.2) is 5.78 Å². The van der Waals surface area contributed by atoms with E-state index in [1.165, 1.54) is 48.8 Å². The van der Waals surface area contributed by atoms with Gasteiger partial charge in [0.05, 0.1) is 5.92 Å². The molecule has 7 aliphatic rings. The van der Waals surface area contributed by atoms with Crippen molar-refractivity contribution >= 4 is 22.6 Å². The first-order chi connectivity index (χ1) is 25.9. The molecule has 0 spiro atoms. The van der Waals surface area contributed by atoms with Crippen molar-refractivity contribution in [3.05, 3.63) is 70.3 Å². The average Bonchev–Trinajstić information content (AvgIpc) is 3.47. The van der Waals surface area contributed by atoms with E-state index in [4.69, 9.17) is 4.74 Å². The highest BCUT2D eigenvalue weighted by molar-refractivity contribution is 7.85. The topological polar surface area (TPSA) is 75.7 Å². The van der Waals surface area contributed by atoms with E-state index in [-0.39, 0.29) is 34.2 Å². The van der Waals surface area contributed by atoms with Crippen molar-refractivity contribution in [2.24, 2.45) is 52.3 Å². The van der Waals surface area contributed by atoms with Crippen LogP contribution in [0.3, 0.4) is 0 Å². The normalized spacial score (nSPS) is 38.6. The van der Waals surface area contributed by atoms with Crippen LogP contribution in [0.25, 0.3) is 0 Å². The number of nitrogens with one attached hydrogen (secondary N) is 1. The molecule has 9 atom stereocenters. The number of ether oxygens (including phenoxy) is 1. The van der Waals surface area contributed by atoms with Crippen molar-refractivity contribution in [1.82, 2.24) is 10.2 Å². The van der Waals surface area contributed by atoms with Crippen molar-refractivity contribution < 1.29 is 18.5 Å². The highest BCUT2D eigenvalue weighted by Gasteiger charge is 2.64. The number of nitrogens with zero attached hydrogens (tertiary/aromatic N) is 1. The Balaban J connectivity index is 0.967.